The van der Waals surface area contributed by atoms with Crippen molar-refractivity contribution in [1.29, 1.82) is 0 Å². The average Bonchev–Trinajstić information content (AvgIpc) is 3.08. The first kappa shape index (κ1) is 12.5. The fourth-order valence-electron chi connectivity index (χ4n) is 2.29. The number of aromatic nitrogens is 3. The third-order valence-electron chi connectivity index (χ3n) is 3.36. The largest absolute Gasteiger partial charge is 0.496 e. The molecule has 7 heteroatoms. The molecule has 1 aliphatic carbocycles. The summed E-state index contributed by atoms with van der Waals surface area (Å²) in [7, 11) is 1.63. The molecule has 1 amide bonds. The van der Waals surface area contributed by atoms with E-state index < -0.39 is 5.69 Å². The summed E-state index contributed by atoms with van der Waals surface area (Å²) in [6.45, 7) is 0. The van der Waals surface area contributed by atoms with Crippen LogP contribution in [0.3, 0.4) is 0 Å². The van der Waals surface area contributed by atoms with Gasteiger partial charge in [-0.3, -0.25) is 9.78 Å². The second-order valence-electron chi connectivity index (χ2n) is 4.69. The second-order valence-corrected chi connectivity index (χ2v) is 4.69. The molecule has 0 unspecified atom stereocenters. The maximum absolute atomic E-state index is 11.8. The van der Waals surface area contributed by atoms with Crippen molar-refractivity contribution in [3.8, 4) is 5.75 Å². The number of benzene rings is 1. The summed E-state index contributed by atoms with van der Waals surface area (Å²) in [6, 6.07) is 7.79. The number of aromatic amines is 2. The number of hydrogen-bond donors (Lipinski definition) is 3. The first-order chi connectivity index (χ1) is 9.69. The van der Waals surface area contributed by atoms with Crippen LogP contribution in [0.2, 0.25) is 0 Å². The van der Waals surface area contributed by atoms with Gasteiger partial charge in [0.2, 0.25) is 5.82 Å². The zero-order valence-corrected chi connectivity index (χ0v) is 10.8. The molecule has 1 saturated carbocycles. The van der Waals surface area contributed by atoms with Gasteiger partial charge in [-0.1, -0.05) is 18.2 Å². The summed E-state index contributed by atoms with van der Waals surface area (Å²) in [5, 5.41) is 8.60. The van der Waals surface area contributed by atoms with Gasteiger partial charge in [-0.15, -0.1) is 5.10 Å². The number of amides is 1. The minimum atomic E-state index is -0.493. The number of rotatable bonds is 4. The first-order valence-electron chi connectivity index (χ1n) is 6.27. The molecule has 20 heavy (non-hydrogen) atoms. The van der Waals surface area contributed by atoms with Gasteiger partial charge in [-0.05, 0) is 18.1 Å². The van der Waals surface area contributed by atoms with Gasteiger partial charge >= 0.3 is 5.69 Å². The van der Waals surface area contributed by atoms with E-state index in [4.69, 9.17) is 4.74 Å². The number of nitrogens with zero attached hydrogens (tertiary/aromatic N) is 1. The zero-order chi connectivity index (χ0) is 14.1. The van der Waals surface area contributed by atoms with Gasteiger partial charge < -0.3 is 10.1 Å². The molecule has 1 aromatic heterocycles. The Morgan fingerprint density at radius 1 is 1.45 bits per heavy atom. The van der Waals surface area contributed by atoms with E-state index in [0.717, 1.165) is 17.7 Å². The molecule has 1 fully saturated rings. The smallest absolute Gasteiger partial charge is 0.341 e. The Morgan fingerprint density at radius 3 is 2.95 bits per heavy atom. The zero-order valence-electron chi connectivity index (χ0n) is 10.8. The van der Waals surface area contributed by atoms with E-state index in [1.165, 1.54) is 0 Å². The topological polar surface area (TPSA) is 99.9 Å². The van der Waals surface area contributed by atoms with E-state index in [1.54, 1.807) is 7.11 Å². The quantitative estimate of drug-likeness (QED) is 0.751. The van der Waals surface area contributed by atoms with Crippen LogP contribution in [0.25, 0.3) is 0 Å². The number of nitrogens with one attached hydrogen (secondary N) is 3. The molecule has 1 aromatic carbocycles. The number of ether oxygens (including phenoxy) is 1. The normalized spacial score (nSPS) is 20.4. The fourth-order valence-corrected chi connectivity index (χ4v) is 2.29. The molecule has 7 nitrogen and oxygen atoms in total. The number of para-hydroxylation sites is 1. The van der Waals surface area contributed by atoms with Gasteiger partial charge in [0.05, 0.1) is 7.11 Å². The molecule has 0 bridgehead atoms. The molecule has 1 aliphatic rings. The third-order valence-corrected chi connectivity index (χ3v) is 3.36. The summed E-state index contributed by atoms with van der Waals surface area (Å²) in [6.07, 6.45) is 0.848. The predicted molar refractivity (Wildman–Crippen MR) is 70.8 cm³/mol. The maximum Gasteiger partial charge on any atom is 0.341 e. The number of carbonyl (C=O) groups excluding carboxylic acids is 1. The number of carbonyl (C=O) groups is 1. The van der Waals surface area contributed by atoms with Gasteiger partial charge in [-0.25, -0.2) is 9.89 Å². The average molecular weight is 274 g/mol. The highest BCUT2D eigenvalue weighted by atomic mass is 16.5. The summed E-state index contributed by atoms with van der Waals surface area (Å²) in [5.41, 5.74) is 0.586. The van der Waals surface area contributed by atoms with Crippen LogP contribution in [0.1, 0.15) is 28.5 Å². The van der Waals surface area contributed by atoms with Crippen LogP contribution >= 0.6 is 0 Å². The van der Waals surface area contributed by atoms with Crippen LogP contribution in [-0.4, -0.2) is 34.2 Å². The molecule has 0 radical (unpaired) electrons. The van der Waals surface area contributed by atoms with Crippen molar-refractivity contribution in [3.05, 3.63) is 46.1 Å². The lowest BCUT2D eigenvalue weighted by Crippen LogP contribution is -2.28. The standard InChI is InChI=1S/C13H14N4O3/c1-20-10-5-3-2-4-7(10)8-6-9(8)14-12(18)11-15-13(19)17-16-11/h2-5,8-9H,6H2,1H3,(H,14,18)(H2,15,16,17,19)/t8-,9+/m0/s1. The Morgan fingerprint density at radius 2 is 2.25 bits per heavy atom. The molecule has 2 aromatic rings. The van der Waals surface area contributed by atoms with Crippen molar-refractivity contribution in [2.24, 2.45) is 0 Å². The van der Waals surface area contributed by atoms with Gasteiger partial charge in [0.1, 0.15) is 5.75 Å². The van der Waals surface area contributed by atoms with Crippen LogP contribution in [0.15, 0.2) is 29.1 Å². The lowest BCUT2D eigenvalue weighted by atomic mass is 10.1. The molecule has 0 spiro atoms. The maximum atomic E-state index is 11.8. The molecule has 0 saturated heterocycles. The first-order valence-corrected chi connectivity index (χ1v) is 6.27. The Hall–Kier alpha value is -2.57. The molecular formula is C13H14N4O3. The van der Waals surface area contributed by atoms with Crippen LogP contribution in [0.5, 0.6) is 5.75 Å². The van der Waals surface area contributed by atoms with Gasteiger partial charge in [-0.2, -0.15) is 0 Å². The summed E-state index contributed by atoms with van der Waals surface area (Å²) in [4.78, 5) is 25.1. The van der Waals surface area contributed by atoms with Crippen LogP contribution in [0, 0.1) is 0 Å². The van der Waals surface area contributed by atoms with E-state index in [9.17, 15) is 9.59 Å². The van der Waals surface area contributed by atoms with Crippen molar-refractivity contribution >= 4 is 5.91 Å². The van der Waals surface area contributed by atoms with Crippen LogP contribution < -0.4 is 15.7 Å². The molecule has 3 rings (SSSR count). The summed E-state index contributed by atoms with van der Waals surface area (Å²) in [5.74, 6) is 0.676. The Bertz CT molecular complexity index is 691. The fraction of sp³-hybridized carbons (Fsp3) is 0.308. The molecular weight excluding hydrogens is 260 g/mol. The van der Waals surface area contributed by atoms with E-state index in [1.807, 2.05) is 24.3 Å². The second kappa shape index (κ2) is 4.84. The summed E-state index contributed by atoms with van der Waals surface area (Å²) < 4.78 is 5.31. The van der Waals surface area contributed by atoms with Crippen molar-refractivity contribution in [2.75, 3.05) is 7.11 Å². The van der Waals surface area contributed by atoms with E-state index in [-0.39, 0.29) is 23.7 Å². The Labute approximate surface area is 114 Å². The number of H-pyrrole nitrogens is 2. The number of hydrogen-bond acceptors (Lipinski definition) is 4. The highest BCUT2D eigenvalue weighted by molar-refractivity contribution is 5.90. The molecule has 2 atom stereocenters. The van der Waals surface area contributed by atoms with Gasteiger partial charge in [0.15, 0.2) is 0 Å². The van der Waals surface area contributed by atoms with Gasteiger partial charge in [0.25, 0.3) is 5.91 Å². The minimum Gasteiger partial charge on any atom is -0.496 e. The molecule has 1 heterocycles. The molecule has 104 valence electrons. The van der Waals surface area contributed by atoms with E-state index in [2.05, 4.69) is 20.5 Å². The van der Waals surface area contributed by atoms with Crippen LogP contribution in [0.4, 0.5) is 0 Å². The highest BCUT2D eigenvalue weighted by Crippen LogP contribution is 2.44. The Balaban J connectivity index is 1.67. The third kappa shape index (κ3) is 2.29. The van der Waals surface area contributed by atoms with Gasteiger partial charge in [0, 0.05) is 12.0 Å². The lowest BCUT2D eigenvalue weighted by molar-refractivity contribution is 0.0940. The van der Waals surface area contributed by atoms with E-state index in [0.29, 0.717) is 0 Å². The lowest BCUT2D eigenvalue weighted by Gasteiger charge is -2.07. The predicted octanol–water partition coefficient (Wildman–Crippen LogP) is 0.392. The monoisotopic (exact) mass is 274 g/mol. The highest BCUT2D eigenvalue weighted by Gasteiger charge is 2.41. The van der Waals surface area contributed by atoms with E-state index >= 15 is 0 Å². The van der Waals surface area contributed by atoms with Crippen molar-refractivity contribution in [2.45, 2.75) is 18.4 Å². The van der Waals surface area contributed by atoms with Crippen molar-refractivity contribution in [1.82, 2.24) is 20.5 Å². The Kier molecular flexibility index (Phi) is 3.02. The minimum absolute atomic E-state index is 0.000627. The van der Waals surface area contributed by atoms with Crippen LogP contribution in [-0.2, 0) is 0 Å². The SMILES string of the molecule is COc1ccccc1[C@@H]1C[C@H]1NC(=O)c1n[nH]c(=O)[nH]1. The summed E-state index contributed by atoms with van der Waals surface area (Å²) >= 11 is 0. The molecule has 0 aliphatic heterocycles. The van der Waals surface area contributed by atoms with Crippen molar-refractivity contribution < 1.29 is 9.53 Å². The van der Waals surface area contributed by atoms with Crippen molar-refractivity contribution in [3.63, 3.8) is 0 Å². The molecule has 3 N–H and O–H groups in total. The number of methoxy groups -OCH3 is 1.